The Morgan fingerprint density at radius 1 is 1.18 bits per heavy atom. The summed E-state index contributed by atoms with van der Waals surface area (Å²) in [4.78, 5) is 14.4. The molecule has 1 aromatic carbocycles. The van der Waals surface area contributed by atoms with Crippen molar-refractivity contribution in [1.29, 1.82) is 5.26 Å². The van der Waals surface area contributed by atoms with Crippen LogP contribution in [0.2, 0.25) is 0 Å². The Morgan fingerprint density at radius 3 is 2.27 bits per heavy atom. The Kier molecular flexibility index (Phi) is 4.23. The highest BCUT2D eigenvalue weighted by atomic mass is 16.2. The van der Waals surface area contributed by atoms with Crippen molar-refractivity contribution in [2.24, 2.45) is 5.92 Å². The first-order valence-corrected chi connectivity index (χ1v) is 7.58. The van der Waals surface area contributed by atoms with Crippen molar-refractivity contribution < 1.29 is 4.79 Å². The molecule has 0 spiro atoms. The van der Waals surface area contributed by atoms with E-state index in [1.165, 1.54) is 0 Å². The summed E-state index contributed by atoms with van der Waals surface area (Å²) in [5.74, 6) is 0.110. The number of hydrogen-bond acceptors (Lipinski definition) is 2. The molecule has 1 aliphatic heterocycles. The third-order valence-electron chi connectivity index (χ3n) is 4.07. The lowest BCUT2D eigenvalue weighted by atomic mass is 9.96. The van der Waals surface area contributed by atoms with Crippen molar-refractivity contribution in [3.63, 3.8) is 0 Å². The number of carbonyl (C=O) groups excluding carboxylic acids is 1. The number of nitrogens with zero attached hydrogens (tertiary/aromatic N) is 2. The standard InChI is InChI=1S/C19H22N2O/c1-11(2)15-9-7-8-13(5)18(15)21-14(6)17(12(3)4)16(10-20)19(21)22/h7-9,11-12H,6H2,1-5H3. The van der Waals surface area contributed by atoms with Gasteiger partial charge in [0.1, 0.15) is 11.6 Å². The number of anilines is 1. The number of aryl methyl sites for hydroxylation is 1. The monoisotopic (exact) mass is 294 g/mol. The number of nitriles is 1. The fourth-order valence-corrected chi connectivity index (χ4v) is 3.03. The molecule has 3 heteroatoms. The topological polar surface area (TPSA) is 44.1 Å². The van der Waals surface area contributed by atoms with E-state index in [9.17, 15) is 10.1 Å². The van der Waals surface area contributed by atoms with Gasteiger partial charge in [-0.1, -0.05) is 52.5 Å². The highest BCUT2D eigenvalue weighted by Crippen LogP contribution is 2.41. The van der Waals surface area contributed by atoms with Crippen LogP contribution in [-0.4, -0.2) is 5.91 Å². The Balaban J connectivity index is 2.66. The van der Waals surface area contributed by atoms with Gasteiger partial charge < -0.3 is 0 Å². The molecule has 0 unspecified atom stereocenters. The summed E-state index contributed by atoms with van der Waals surface area (Å²) in [5.41, 5.74) is 4.59. The molecule has 0 saturated carbocycles. The Labute approximate surface area is 132 Å². The average molecular weight is 294 g/mol. The lowest BCUT2D eigenvalue weighted by Crippen LogP contribution is -2.27. The lowest BCUT2D eigenvalue weighted by Gasteiger charge is -2.26. The van der Waals surface area contributed by atoms with Gasteiger partial charge in [0.25, 0.3) is 5.91 Å². The second-order valence-corrected chi connectivity index (χ2v) is 6.31. The maximum Gasteiger partial charge on any atom is 0.273 e. The molecule has 1 amide bonds. The van der Waals surface area contributed by atoms with E-state index in [0.717, 1.165) is 22.4 Å². The largest absolute Gasteiger partial charge is 0.276 e. The molecule has 0 saturated heterocycles. The van der Waals surface area contributed by atoms with Gasteiger partial charge in [-0.2, -0.15) is 5.26 Å². The van der Waals surface area contributed by atoms with Crippen molar-refractivity contribution in [2.75, 3.05) is 4.90 Å². The smallest absolute Gasteiger partial charge is 0.273 e. The predicted molar refractivity (Wildman–Crippen MR) is 89.4 cm³/mol. The van der Waals surface area contributed by atoms with Crippen LogP contribution in [0.5, 0.6) is 0 Å². The van der Waals surface area contributed by atoms with Gasteiger partial charge >= 0.3 is 0 Å². The van der Waals surface area contributed by atoms with Gasteiger partial charge in [0.2, 0.25) is 0 Å². The van der Waals surface area contributed by atoms with Crippen LogP contribution in [0.1, 0.15) is 44.7 Å². The summed E-state index contributed by atoms with van der Waals surface area (Å²) in [6.45, 7) is 14.3. The van der Waals surface area contributed by atoms with Crippen LogP contribution in [0.4, 0.5) is 5.69 Å². The first-order valence-electron chi connectivity index (χ1n) is 7.58. The van der Waals surface area contributed by atoms with Gasteiger partial charge in [0.05, 0.1) is 5.69 Å². The second kappa shape index (κ2) is 5.81. The number of carbonyl (C=O) groups is 1. The van der Waals surface area contributed by atoms with Crippen LogP contribution in [-0.2, 0) is 4.79 Å². The number of benzene rings is 1. The van der Waals surface area contributed by atoms with E-state index in [4.69, 9.17) is 0 Å². The predicted octanol–water partition coefficient (Wildman–Crippen LogP) is 4.45. The highest BCUT2D eigenvalue weighted by Gasteiger charge is 2.37. The Bertz CT molecular complexity index is 717. The molecular formula is C19H22N2O. The SMILES string of the molecule is C=C1C(C(C)C)=C(C#N)C(=O)N1c1c(C)cccc1C(C)C. The van der Waals surface area contributed by atoms with E-state index in [-0.39, 0.29) is 23.3 Å². The quantitative estimate of drug-likeness (QED) is 0.826. The third kappa shape index (κ3) is 2.35. The van der Waals surface area contributed by atoms with Crippen LogP contribution >= 0.6 is 0 Å². The number of allylic oxidation sites excluding steroid dienone is 1. The summed E-state index contributed by atoms with van der Waals surface area (Å²) < 4.78 is 0. The molecule has 0 N–H and O–H groups in total. The molecule has 0 aromatic heterocycles. The molecule has 0 bridgehead atoms. The van der Waals surface area contributed by atoms with Gasteiger partial charge in [-0.15, -0.1) is 0 Å². The zero-order valence-corrected chi connectivity index (χ0v) is 13.9. The zero-order valence-electron chi connectivity index (χ0n) is 13.9. The molecule has 0 atom stereocenters. The fourth-order valence-electron chi connectivity index (χ4n) is 3.03. The molecule has 1 aliphatic rings. The maximum atomic E-state index is 12.8. The number of amides is 1. The van der Waals surface area contributed by atoms with E-state index in [1.807, 2.05) is 39.0 Å². The number of rotatable bonds is 3. The van der Waals surface area contributed by atoms with E-state index in [2.05, 4.69) is 26.5 Å². The highest BCUT2D eigenvalue weighted by molar-refractivity contribution is 6.16. The van der Waals surface area contributed by atoms with Gasteiger partial charge in [0.15, 0.2) is 0 Å². The summed E-state index contributed by atoms with van der Waals surface area (Å²) in [6.07, 6.45) is 0. The summed E-state index contributed by atoms with van der Waals surface area (Å²) in [7, 11) is 0. The molecule has 3 nitrogen and oxygen atoms in total. The van der Waals surface area contributed by atoms with E-state index < -0.39 is 0 Å². The summed E-state index contributed by atoms with van der Waals surface area (Å²) in [5, 5.41) is 9.39. The van der Waals surface area contributed by atoms with Crippen LogP contribution in [0.15, 0.2) is 41.6 Å². The summed E-state index contributed by atoms with van der Waals surface area (Å²) in [6, 6.07) is 8.09. The van der Waals surface area contributed by atoms with Gasteiger partial charge in [-0.25, -0.2) is 0 Å². The Hall–Kier alpha value is -2.34. The van der Waals surface area contributed by atoms with Crippen LogP contribution in [0, 0.1) is 24.2 Å². The minimum atomic E-state index is -0.257. The first-order chi connectivity index (χ1) is 10.3. The zero-order chi connectivity index (χ0) is 16.6. The van der Waals surface area contributed by atoms with E-state index >= 15 is 0 Å². The lowest BCUT2D eigenvalue weighted by molar-refractivity contribution is -0.113. The van der Waals surface area contributed by atoms with Gasteiger partial charge in [0, 0.05) is 11.3 Å². The van der Waals surface area contributed by atoms with Crippen molar-refractivity contribution in [1.82, 2.24) is 0 Å². The molecule has 114 valence electrons. The van der Waals surface area contributed by atoms with Crippen LogP contribution in [0.3, 0.4) is 0 Å². The molecular weight excluding hydrogens is 272 g/mol. The van der Waals surface area contributed by atoms with Crippen molar-refractivity contribution in [3.05, 3.63) is 52.7 Å². The van der Waals surface area contributed by atoms with E-state index in [1.54, 1.807) is 4.90 Å². The number of para-hydroxylation sites is 1. The van der Waals surface area contributed by atoms with Crippen molar-refractivity contribution in [2.45, 2.75) is 40.5 Å². The minimum Gasteiger partial charge on any atom is -0.276 e. The normalized spacial score (nSPS) is 15.3. The fraction of sp³-hybridized carbons (Fsp3) is 0.368. The molecule has 0 aliphatic carbocycles. The van der Waals surface area contributed by atoms with Gasteiger partial charge in [-0.3, -0.25) is 9.69 Å². The molecule has 1 aromatic rings. The molecule has 0 radical (unpaired) electrons. The molecule has 1 heterocycles. The number of hydrogen-bond donors (Lipinski definition) is 0. The molecule has 0 fully saturated rings. The van der Waals surface area contributed by atoms with Crippen molar-refractivity contribution in [3.8, 4) is 6.07 Å². The Morgan fingerprint density at radius 2 is 1.82 bits per heavy atom. The molecule has 22 heavy (non-hydrogen) atoms. The summed E-state index contributed by atoms with van der Waals surface area (Å²) >= 11 is 0. The van der Waals surface area contributed by atoms with Gasteiger partial charge in [-0.05, 0) is 29.9 Å². The maximum absolute atomic E-state index is 12.8. The molecule has 2 rings (SSSR count). The first kappa shape index (κ1) is 16.0. The average Bonchev–Trinajstić information content (AvgIpc) is 2.69. The van der Waals surface area contributed by atoms with Crippen molar-refractivity contribution >= 4 is 11.6 Å². The van der Waals surface area contributed by atoms with Crippen LogP contribution < -0.4 is 4.90 Å². The third-order valence-corrected chi connectivity index (χ3v) is 4.07. The minimum absolute atomic E-state index is 0.0858. The second-order valence-electron chi connectivity index (χ2n) is 6.31. The van der Waals surface area contributed by atoms with E-state index in [0.29, 0.717) is 5.70 Å². The van der Waals surface area contributed by atoms with Crippen LogP contribution in [0.25, 0.3) is 0 Å².